The first kappa shape index (κ1) is 20.5. The van der Waals surface area contributed by atoms with Gasteiger partial charge >= 0.3 is 0 Å². The van der Waals surface area contributed by atoms with E-state index in [1.165, 1.54) is 6.42 Å². The summed E-state index contributed by atoms with van der Waals surface area (Å²) in [6.45, 7) is 0.175. The van der Waals surface area contributed by atoms with E-state index in [1.807, 2.05) is 6.08 Å². The Hall–Kier alpha value is -2.24. The Labute approximate surface area is 167 Å². The van der Waals surface area contributed by atoms with Crippen LogP contribution in [0.2, 0.25) is 0 Å². The summed E-state index contributed by atoms with van der Waals surface area (Å²) in [6, 6.07) is 0.327. The second-order valence-electron chi connectivity index (χ2n) is 7.76. The normalized spacial score (nSPS) is 24.6. The van der Waals surface area contributed by atoms with Crippen LogP contribution in [-0.2, 0) is 19.1 Å². The molecule has 0 unspecified atom stereocenters. The van der Waals surface area contributed by atoms with E-state index in [9.17, 15) is 9.59 Å². The summed E-state index contributed by atoms with van der Waals surface area (Å²) in [4.78, 5) is 24.2. The monoisotopic (exact) mass is 388 g/mol. The SMILES string of the molecule is O=C(COC1=CCC=CC1)NC1CCC(NC(=O)COC2=CCCCC2)CC1. The predicted octanol–water partition coefficient (Wildman–Crippen LogP) is 3.26. The fraction of sp³-hybridized carbons (Fsp3) is 0.636. The van der Waals surface area contributed by atoms with Gasteiger partial charge < -0.3 is 20.1 Å². The molecule has 6 heteroatoms. The van der Waals surface area contributed by atoms with Gasteiger partial charge in [-0.05, 0) is 63.5 Å². The number of allylic oxidation sites excluding steroid dienone is 5. The molecule has 0 saturated heterocycles. The van der Waals surface area contributed by atoms with Gasteiger partial charge in [0.25, 0.3) is 11.8 Å². The molecule has 0 aliphatic heterocycles. The minimum atomic E-state index is -0.0721. The topological polar surface area (TPSA) is 76.7 Å². The summed E-state index contributed by atoms with van der Waals surface area (Å²) in [5.74, 6) is 1.70. The van der Waals surface area contributed by atoms with Crippen LogP contribution in [0.3, 0.4) is 0 Å². The van der Waals surface area contributed by atoms with E-state index < -0.39 is 0 Å². The third kappa shape index (κ3) is 7.06. The highest BCUT2D eigenvalue weighted by Gasteiger charge is 2.24. The lowest BCUT2D eigenvalue weighted by atomic mass is 9.91. The first-order valence-electron chi connectivity index (χ1n) is 10.6. The highest BCUT2D eigenvalue weighted by Crippen LogP contribution is 2.20. The smallest absolute Gasteiger partial charge is 0.258 e. The average Bonchev–Trinajstić information content (AvgIpc) is 2.74. The molecule has 1 saturated carbocycles. The van der Waals surface area contributed by atoms with E-state index in [4.69, 9.17) is 9.47 Å². The van der Waals surface area contributed by atoms with Crippen molar-refractivity contribution in [3.05, 3.63) is 35.8 Å². The maximum absolute atomic E-state index is 12.1. The Morgan fingerprint density at radius 2 is 1.50 bits per heavy atom. The minimum Gasteiger partial charge on any atom is -0.488 e. The molecule has 0 heterocycles. The van der Waals surface area contributed by atoms with Crippen LogP contribution in [-0.4, -0.2) is 37.1 Å². The van der Waals surface area contributed by atoms with Crippen LogP contribution in [0, 0.1) is 0 Å². The lowest BCUT2D eigenvalue weighted by molar-refractivity contribution is -0.127. The highest BCUT2D eigenvalue weighted by atomic mass is 16.5. The molecule has 0 atom stereocenters. The maximum Gasteiger partial charge on any atom is 0.258 e. The molecule has 3 aliphatic rings. The first-order valence-corrected chi connectivity index (χ1v) is 10.6. The fourth-order valence-corrected chi connectivity index (χ4v) is 3.87. The van der Waals surface area contributed by atoms with Gasteiger partial charge in [0.2, 0.25) is 0 Å². The summed E-state index contributed by atoms with van der Waals surface area (Å²) in [6.07, 6.45) is 17.7. The van der Waals surface area contributed by atoms with Crippen LogP contribution < -0.4 is 10.6 Å². The van der Waals surface area contributed by atoms with Crippen molar-refractivity contribution in [3.63, 3.8) is 0 Å². The van der Waals surface area contributed by atoms with Crippen molar-refractivity contribution in [3.8, 4) is 0 Å². The van der Waals surface area contributed by atoms with Gasteiger partial charge in [0.05, 0.1) is 11.5 Å². The average molecular weight is 389 g/mol. The summed E-state index contributed by atoms with van der Waals surface area (Å²) < 4.78 is 11.2. The molecular weight excluding hydrogens is 356 g/mol. The molecule has 0 aromatic carbocycles. The third-order valence-electron chi connectivity index (χ3n) is 5.45. The molecule has 28 heavy (non-hydrogen) atoms. The number of hydrogen-bond donors (Lipinski definition) is 2. The summed E-state index contributed by atoms with van der Waals surface area (Å²) in [7, 11) is 0. The third-order valence-corrected chi connectivity index (χ3v) is 5.45. The van der Waals surface area contributed by atoms with Gasteiger partial charge in [-0.1, -0.05) is 12.2 Å². The number of hydrogen-bond acceptors (Lipinski definition) is 4. The number of carbonyl (C=O) groups excluding carboxylic acids is 2. The zero-order valence-electron chi connectivity index (χ0n) is 16.6. The van der Waals surface area contributed by atoms with Crippen molar-refractivity contribution >= 4 is 11.8 Å². The Morgan fingerprint density at radius 1 is 0.857 bits per heavy atom. The first-order chi connectivity index (χ1) is 13.7. The van der Waals surface area contributed by atoms with Crippen molar-refractivity contribution in [2.24, 2.45) is 0 Å². The predicted molar refractivity (Wildman–Crippen MR) is 107 cm³/mol. The Kier molecular flexibility index (Phi) is 8.00. The van der Waals surface area contributed by atoms with Crippen molar-refractivity contribution in [2.75, 3.05) is 13.2 Å². The number of rotatable bonds is 8. The number of amides is 2. The molecule has 154 valence electrons. The number of carbonyl (C=O) groups is 2. The largest absolute Gasteiger partial charge is 0.488 e. The van der Waals surface area contributed by atoms with Crippen LogP contribution in [0.5, 0.6) is 0 Å². The van der Waals surface area contributed by atoms with E-state index in [1.54, 1.807) is 0 Å². The van der Waals surface area contributed by atoms with Gasteiger partial charge in [0.15, 0.2) is 13.2 Å². The van der Waals surface area contributed by atoms with Crippen LogP contribution in [0.15, 0.2) is 35.8 Å². The van der Waals surface area contributed by atoms with Gasteiger partial charge in [-0.15, -0.1) is 0 Å². The molecule has 2 amide bonds. The van der Waals surface area contributed by atoms with Crippen molar-refractivity contribution in [1.29, 1.82) is 0 Å². The molecule has 0 radical (unpaired) electrons. The summed E-state index contributed by atoms with van der Waals surface area (Å²) in [5.41, 5.74) is 0. The Balaban J connectivity index is 1.27. The number of ether oxygens (including phenoxy) is 2. The van der Waals surface area contributed by atoms with Gasteiger partial charge in [-0.2, -0.15) is 0 Å². The van der Waals surface area contributed by atoms with E-state index in [0.29, 0.717) is 0 Å². The van der Waals surface area contributed by atoms with Gasteiger partial charge in [-0.3, -0.25) is 9.59 Å². The lowest BCUT2D eigenvalue weighted by Gasteiger charge is -2.29. The minimum absolute atomic E-state index is 0.0536. The molecule has 3 rings (SSSR count). The van der Waals surface area contributed by atoms with Crippen molar-refractivity contribution in [2.45, 2.75) is 76.3 Å². The van der Waals surface area contributed by atoms with E-state index in [0.717, 1.165) is 69.3 Å². The van der Waals surface area contributed by atoms with Crippen LogP contribution in [0.1, 0.15) is 64.2 Å². The zero-order chi connectivity index (χ0) is 19.6. The van der Waals surface area contributed by atoms with Crippen LogP contribution in [0.25, 0.3) is 0 Å². The van der Waals surface area contributed by atoms with E-state index in [2.05, 4.69) is 28.9 Å². The molecule has 1 fully saturated rings. The Bertz CT molecular complexity index is 596. The molecule has 0 aromatic heterocycles. The standard InChI is InChI=1S/C22H32N2O4/c25-21(15-27-19-7-3-1-4-8-19)23-17-11-13-18(14-12-17)24-22(26)16-28-20-9-5-2-6-10-20/h1,3,8-9,17-18H,2,4-7,10-16H2,(H,23,25)(H,24,26). The Morgan fingerprint density at radius 3 is 2.04 bits per heavy atom. The highest BCUT2D eigenvalue weighted by molar-refractivity contribution is 5.78. The van der Waals surface area contributed by atoms with Gasteiger partial charge in [0, 0.05) is 24.9 Å². The molecular formula is C22H32N2O4. The van der Waals surface area contributed by atoms with Gasteiger partial charge in [-0.25, -0.2) is 0 Å². The molecule has 0 bridgehead atoms. The van der Waals surface area contributed by atoms with Crippen molar-refractivity contribution in [1.82, 2.24) is 10.6 Å². The second kappa shape index (κ2) is 10.9. The molecule has 0 spiro atoms. The fourth-order valence-electron chi connectivity index (χ4n) is 3.87. The number of nitrogens with one attached hydrogen (secondary N) is 2. The molecule has 2 N–H and O–H groups in total. The van der Waals surface area contributed by atoms with Gasteiger partial charge in [0.1, 0.15) is 0 Å². The molecule has 6 nitrogen and oxygen atoms in total. The van der Waals surface area contributed by atoms with Crippen LogP contribution >= 0.6 is 0 Å². The lowest BCUT2D eigenvalue weighted by Crippen LogP contribution is -2.45. The molecule has 3 aliphatic carbocycles. The maximum atomic E-state index is 12.1. The summed E-state index contributed by atoms with van der Waals surface area (Å²) in [5, 5.41) is 6.10. The molecule has 0 aromatic rings. The second-order valence-corrected chi connectivity index (χ2v) is 7.76. The van der Waals surface area contributed by atoms with Crippen molar-refractivity contribution < 1.29 is 19.1 Å². The van der Waals surface area contributed by atoms with E-state index in [-0.39, 0.29) is 37.1 Å². The quantitative estimate of drug-likeness (QED) is 0.626. The van der Waals surface area contributed by atoms with E-state index >= 15 is 0 Å². The van der Waals surface area contributed by atoms with Crippen LogP contribution in [0.4, 0.5) is 0 Å². The zero-order valence-corrected chi connectivity index (χ0v) is 16.6. The summed E-state index contributed by atoms with van der Waals surface area (Å²) >= 11 is 0.